The largest absolute Gasteiger partial charge is 0.474 e. The normalized spacial score (nSPS) is 18.8. The Morgan fingerprint density at radius 2 is 1.74 bits per heavy atom. The molecule has 4 aromatic heterocycles. The molecule has 3 saturated heterocycles. The maximum Gasteiger partial charge on any atom is 0.328 e. The SMILES string of the molecule is Cc1cc(-c2ncnc3[nH]c(-c4ccc5c(n4)OC[C@@H]4CN(CC6CCN(c7ccc(N8CCC(=O)NC8=O)cc7)CC6)CCN54)cc23)ccc1[C@@H](C)NC(=O)c1nc(C(C)(C)C)no1. The number of carbonyl (C=O) groups is 3. The Morgan fingerprint density at radius 1 is 0.938 bits per heavy atom. The Labute approximate surface area is 377 Å². The molecule has 0 spiro atoms. The third-order valence-corrected chi connectivity index (χ3v) is 13.2. The smallest absolute Gasteiger partial charge is 0.328 e. The van der Waals surface area contributed by atoms with E-state index in [1.54, 1.807) is 11.2 Å². The molecule has 2 atom stereocenters. The minimum Gasteiger partial charge on any atom is -0.474 e. The number of pyridine rings is 1. The van der Waals surface area contributed by atoms with Crippen molar-refractivity contribution in [2.45, 2.75) is 71.4 Å². The van der Waals surface area contributed by atoms with E-state index in [2.05, 4.69) is 81.8 Å². The molecule has 65 heavy (non-hydrogen) atoms. The van der Waals surface area contributed by atoms with E-state index in [0.29, 0.717) is 42.8 Å². The van der Waals surface area contributed by atoms with Crippen molar-refractivity contribution in [1.29, 1.82) is 0 Å². The average Bonchev–Trinajstić information content (AvgIpc) is 3.99. The van der Waals surface area contributed by atoms with Gasteiger partial charge in [0.05, 0.1) is 29.2 Å². The van der Waals surface area contributed by atoms with Crippen LogP contribution in [0.1, 0.15) is 80.6 Å². The highest BCUT2D eigenvalue weighted by atomic mass is 16.5. The molecule has 0 saturated carbocycles. The van der Waals surface area contributed by atoms with Crippen LogP contribution in [0.15, 0.2) is 71.5 Å². The van der Waals surface area contributed by atoms with E-state index < -0.39 is 5.91 Å². The van der Waals surface area contributed by atoms with Crippen molar-refractivity contribution >= 4 is 45.9 Å². The molecule has 4 aliphatic rings. The summed E-state index contributed by atoms with van der Waals surface area (Å²) in [6.45, 7) is 16.8. The lowest BCUT2D eigenvalue weighted by atomic mass is 9.95. The number of ether oxygens (including phenoxy) is 1. The zero-order valence-corrected chi connectivity index (χ0v) is 37.4. The number of nitrogens with one attached hydrogen (secondary N) is 3. The fourth-order valence-corrected chi connectivity index (χ4v) is 9.59. The summed E-state index contributed by atoms with van der Waals surface area (Å²) in [5.41, 5.74) is 8.67. The Bertz CT molecular complexity index is 2770. The van der Waals surface area contributed by atoms with Gasteiger partial charge in [0.2, 0.25) is 11.8 Å². The number of aromatic amines is 1. The lowest BCUT2D eigenvalue weighted by Crippen LogP contribution is -2.58. The number of imide groups is 1. The highest BCUT2D eigenvalue weighted by Gasteiger charge is 2.35. The molecule has 17 heteroatoms. The lowest BCUT2D eigenvalue weighted by Gasteiger charge is -2.46. The van der Waals surface area contributed by atoms with E-state index in [9.17, 15) is 14.4 Å². The van der Waals surface area contributed by atoms with Crippen LogP contribution in [0, 0.1) is 12.8 Å². The zero-order valence-electron chi connectivity index (χ0n) is 37.4. The first-order valence-electron chi connectivity index (χ1n) is 22.5. The van der Waals surface area contributed by atoms with E-state index in [1.165, 1.54) is 0 Å². The van der Waals surface area contributed by atoms with Gasteiger partial charge in [0.1, 0.15) is 24.3 Å². The van der Waals surface area contributed by atoms with Gasteiger partial charge in [-0.05, 0) is 92.3 Å². The molecular weight excluding hydrogens is 825 g/mol. The van der Waals surface area contributed by atoms with Crippen LogP contribution in [0.5, 0.6) is 5.88 Å². The summed E-state index contributed by atoms with van der Waals surface area (Å²) in [7, 11) is 0. The van der Waals surface area contributed by atoms with E-state index >= 15 is 0 Å². The predicted molar refractivity (Wildman–Crippen MR) is 246 cm³/mol. The maximum atomic E-state index is 13.0. The van der Waals surface area contributed by atoms with Crippen molar-refractivity contribution < 1.29 is 23.6 Å². The van der Waals surface area contributed by atoms with Crippen LogP contribution >= 0.6 is 0 Å². The number of rotatable bonds is 9. The molecule has 3 N–H and O–H groups in total. The Morgan fingerprint density at radius 3 is 2.49 bits per heavy atom. The fourth-order valence-electron chi connectivity index (χ4n) is 9.59. The second-order valence-corrected chi connectivity index (χ2v) is 18.7. The average molecular weight is 879 g/mol. The van der Waals surface area contributed by atoms with Gasteiger partial charge >= 0.3 is 17.8 Å². The summed E-state index contributed by atoms with van der Waals surface area (Å²) < 4.78 is 11.6. The summed E-state index contributed by atoms with van der Waals surface area (Å²) in [6.07, 6.45) is 4.14. The Hall–Kier alpha value is -6.88. The monoisotopic (exact) mass is 878 g/mol. The van der Waals surface area contributed by atoms with Gasteiger partial charge in [-0.1, -0.05) is 38.1 Å². The number of amides is 4. The number of piperidine rings is 1. The van der Waals surface area contributed by atoms with Crippen molar-refractivity contribution in [3.8, 4) is 28.5 Å². The predicted octanol–water partition coefficient (Wildman–Crippen LogP) is 6.41. The van der Waals surface area contributed by atoms with Gasteiger partial charge in [0.25, 0.3) is 0 Å². The van der Waals surface area contributed by atoms with E-state index in [0.717, 1.165) is 108 Å². The van der Waals surface area contributed by atoms with Crippen molar-refractivity contribution in [3.63, 3.8) is 0 Å². The molecule has 0 aliphatic carbocycles. The van der Waals surface area contributed by atoms with Crippen LogP contribution in [0.25, 0.3) is 33.7 Å². The first-order chi connectivity index (χ1) is 31.3. The molecule has 17 nitrogen and oxygen atoms in total. The lowest BCUT2D eigenvalue weighted by molar-refractivity contribution is -0.120. The number of piperazine rings is 1. The second kappa shape index (κ2) is 16.9. The molecule has 336 valence electrons. The number of benzene rings is 2. The molecule has 0 radical (unpaired) electrons. The third kappa shape index (κ3) is 8.47. The number of H-pyrrole nitrogens is 1. The highest BCUT2D eigenvalue weighted by molar-refractivity contribution is 6.05. The van der Waals surface area contributed by atoms with Gasteiger partial charge in [-0.2, -0.15) is 4.98 Å². The Kier molecular flexibility index (Phi) is 11.0. The second-order valence-electron chi connectivity index (χ2n) is 18.7. The van der Waals surface area contributed by atoms with Crippen molar-refractivity contribution in [2.75, 3.05) is 67.1 Å². The van der Waals surface area contributed by atoms with Crippen LogP contribution in [0.2, 0.25) is 0 Å². The molecule has 6 aromatic rings. The quantitative estimate of drug-likeness (QED) is 0.145. The topological polar surface area (TPSA) is 191 Å². The van der Waals surface area contributed by atoms with Gasteiger partial charge in [-0.15, -0.1) is 0 Å². The van der Waals surface area contributed by atoms with Crippen LogP contribution < -0.4 is 30.1 Å². The van der Waals surface area contributed by atoms with Crippen LogP contribution in [-0.2, 0) is 10.2 Å². The van der Waals surface area contributed by atoms with Gasteiger partial charge in [-0.3, -0.25) is 24.7 Å². The molecule has 10 rings (SSSR count). The summed E-state index contributed by atoms with van der Waals surface area (Å²) in [4.78, 5) is 68.0. The minimum atomic E-state index is -0.417. The summed E-state index contributed by atoms with van der Waals surface area (Å²) >= 11 is 0. The molecule has 8 heterocycles. The number of hydrogen-bond donors (Lipinski definition) is 3. The van der Waals surface area contributed by atoms with Gasteiger partial charge in [0.15, 0.2) is 5.82 Å². The fraction of sp³-hybridized carbons (Fsp3) is 0.417. The minimum absolute atomic E-state index is 0.0551. The molecule has 0 bridgehead atoms. The third-order valence-electron chi connectivity index (χ3n) is 13.2. The number of aromatic nitrogens is 6. The number of carbonyl (C=O) groups excluding carboxylic acids is 3. The van der Waals surface area contributed by atoms with Crippen molar-refractivity contribution in [1.82, 2.24) is 45.6 Å². The maximum absolute atomic E-state index is 13.0. The number of nitrogens with zero attached hydrogens (tertiary/aromatic N) is 9. The number of urea groups is 1. The molecule has 3 fully saturated rings. The number of hydrogen-bond acceptors (Lipinski definition) is 13. The number of anilines is 3. The first kappa shape index (κ1) is 42.1. The summed E-state index contributed by atoms with van der Waals surface area (Å²) in [6, 6.07) is 20.1. The van der Waals surface area contributed by atoms with Crippen LogP contribution in [0.4, 0.5) is 21.9 Å². The van der Waals surface area contributed by atoms with Crippen molar-refractivity contribution in [2.24, 2.45) is 5.92 Å². The number of fused-ring (bicyclic) bond motifs is 4. The highest BCUT2D eigenvalue weighted by Crippen LogP contribution is 2.38. The molecular formula is C48H54N12O5. The molecule has 0 unspecified atom stereocenters. The molecule has 2 aromatic carbocycles. The van der Waals surface area contributed by atoms with Gasteiger partial charge in [-0.25, -0.2) is 19.7 Å². The zero-order chi connectivity index (χ0) is 45.0. The van der Waals surface area contributed by atoms with Crippen molar-refractivity contribution in [3.05, 3.63) is 89.8 Å². The molecule has 4 aliphatic heterocycles. The number of aryl methyl sites for hydroxylation is 1. The van der Waals surface area contributed by atoms with E-state index in [1.807, 2.05) is 58.9 Å². The van der Waals surface area contributed by atoms with Crippen LogP contribution in [-0.4, -0.2) is 111 Å². The Balaban J connectivity index is 0.750. The van der Waals surface area contributed by atoms with E-state index in [-0.39, 0.29) is 35.3 Å². The standard InChI is InChI=1S/C48H54N12O5/c1-28-22-31(6-11-35(28)29(2)51-43(62)45-55-46(56-65-45)48(3,4)5)41-36-23-38(52-42(36)50-27-49-41)37-12-13-39-44(53-37)64-26-34-25-57(20-21-59(34)39)24-30-14-17-58(18-15-30)32-7-9-33(10-8-32)60-19-16-40(61)54-47(60)63/h6-13,22-23,27,29-30,34H,14-21,24-26H2,1-5H3,(H,51,62)(H,49,50,52)(H,54,61,63)/t29-,34+/m1/s1. The summed E-state index contributed by atoms with van der Waals surface area (Å²) in [5, 5.41) is 10.3. The molecule has 4 amide bonds. The van der Waals surface area contributed by atoms with Crippen LogP contribution in [0.3, 0.4) is 0 Å². The van der Waals surface area contributed by atoms with E-state index in [4.69, 9.17) is 19.2 Å². The van der Waals surface area contributed by atoms with Gasteiger partial charge < -0.3 is 29.4 Å². The summed E-state index contributed by atoms with van der Waals surface area (Å²) in [5.74, 6) is 1.06. The first-order valence-corrected chi connectivity index (χ1v) is 22.5. The van der Waals surface area contributed by atoms with Gasteiger partial charge in [0, 0.05) is 80.0 Å².